The molecule has 0 bridgehead atoms. The number of ether oxygens (including phenoxy) is 1. The third-order valence-electron chi connectivity index (χ3n) is 4.06. The van der Waals surface area contributed by atoms with E-state index in [1.54, 1.807) is 6.92 Å². The first-order valence-corrected chi connectivity index (χ1v) is 7.98. The first kappa shape index (κ1) is 16.7. The quantitative estimate of drug-likeness (QED) is 0.683. The van der Waals surface area contributed by atoms with Crippen LogP contribution in [0.15, 0.2) is 18.3 Å². The average molecular weight is 325 g/mol. The lowest BCUT2D eigenvalue weighted by Crippen LogP contribution is -2.45. The van der Waals surface area contributed by atoms with Gasteiger partial charge in [0.25, 0.3) is 5.91 Å². The fraction of sp³-hybridized carbons (Fsp3) is 0.562. The van der Waals surface area contributed by atoms with Crippen molar-refractivity contribution in [3.05, 3.63) is 29.0 Å². The molecule has 1 heterocycles. The number of hydrogen-bond donors (Lipinski definition) is 1. The second-order valence-electron chi connectivity index (χ2n) is 5.79. The molecule has 0 spiro atoms. The number of carbonyl (C=O) groups excluding carboxylic acids is 2. The molecule has 1 saturated carbocycles. The minimum Gasteiger partial charge on any atom is -0.449 e. The number of aromatic nitrogens is 1. The van der Waals surface area contributed by atoms with Crippen LogP contribution in [0.2, 0.25) is 5.15 Å². The Kier molecular flexibility index (Phi) is 5.77. The van der Waals surface area contributed by atoms with E-state index < -0.39 is 12.1 Å². The van der Waals surface area contributed by atoms with Gasteiger partial charge in [-0.05, 0) is 37.8 Å². The van der Waals surface area contributed by atoms with Crippen molar-refractivity contribution in [1.29, 1.82) is 0 Å². The maximum absolute atomic E-state index is 12.2. The molecule has 2 rings (SSSR count). The Balaban J connectivity index is 1.87. The highest BCUT2D eigenvalue weighted by Crippen LogP contribution is 2.23. The molecule has 1 fully saturated rings. The standard InChI is InChI=1S/C16H21ClN2O3/c1-10-5-3-4-6-13(10)19-15(20)11(2)22-16(21)12-7-8-14(17)18-9-12/h7-11,13H,3-6H2,1-2H3,(H,19,20)/t10-,11+,13-/m0/s1. The number of esters is 1. The van der Waals surface area contributed by atoms with Gasteiger partial charge in [-0.2, -0.15) is 0 Å². The monoisotopic (exact) mass is 324 g/mol. The van der Waals surface area contributed by atoms with E-state index in [4.69, 9.17) is 16.3 Å². The van der Waals surface area contributed by atoms with Gasteiger partial charge in [0.05, 0.1) is 5.56 Å². The average Bonchev–Trinajstić information content (AvgIpc) is 2.50. The Morgan fingerprint density at radius 3 is 2.73 bits per heavy atom. The number of halogens is 1. The Bertz CT molecular complexity index is 533. The molecule has 0 aliphatic heterocycles. The van der Waals surface area contributed by atoms with Crippen molar-refractivity contribution in [3.8, 4) is 0 Å². The molecule has 6 heteroatoms. The van der Waals surface area contributed by atoms with Gasteiger partial charge in [0.2, 0.25) is 0 Å². The molecule has 5 nitrogen and oxygen atoms in total. The van der Waals surface area contributed by atoms with Crippen molar-refractivity contribution >= 4 is 23.5 Å². The summed E-state index contributed by atoms with van der Waals surface area (Å²) in [7, 11) is 0. The first-order chi connectivity index (χ1) is 10.5. The summed E-state index contributed by atoms with van der Waals surface area (Å²) in [6.45, 7) is 3.71. The molecule has 0 radical (unpaired) electrons. The van der Waals surface area contributed by atoms with Crippen molar-refractivity contribution in [2.45, 2.75) is 51.7 Å². The fourth-order valence-electron chi connectivity index (χ4n) is 2.61. The first-order valence-electron chi connectivity index (χ1n) is 7.60. The van der Waals surface area contributed by atoms with Crippen LogP contribution in [0.1, 0.15) is 49.9 Å². The summed E-state index contributed by atoms with van der Waals surface area (Å²) in [5.41, 5.74) is 0.273. The zero-order valence-electron chi connectivity index (χ0n) is 12.8. The third-order valence-corrected chi connectivity index (χ3v) is 4.28. The molecule has 0 unspecified atom stereocenters. The van der Waals surface area contributed by atoms with Gasteiger partial charge in [-0.1, -0.05) is 31.4 Å². The molecular weight excluding hydrogens is 304 g/mol. The van der Waals surface area contributed by atoms with Gasteiger partial charge >= 0.3 is 5.97 Å². The molecule has 1 amide bonds. The lowest BCUT2D eigenvalue weighted by molar-refractivity contribution is -0.130. The molecule has 0 saturated heterocycles. The van der Waals surface area contributed by atoms with Crippen LogP contribution >= 0.6 is 11.6 Å². The predicted molar refractivity (Wildman–Crippen MR) is 83.7 cm³/mol. The van der Waals surface area contributed by atoms with Crippen LogP contribution in [0.3, 0.4) is 0 Å². The van der Waals surface area contributed by atoms with E-state index >= 15 is 0 Å². The summed E-state index contributed by atoms with van der Waals surface area (Å²) < 4.78 is 5.18. The number of nitrogens with one attached hydrogen (secondary N) is 1. The van der Waals surface area contributed by atoms with Crippen LogP contribution < -0.4 is 5.32 Å². The molecule has 3 atom stereocenters. The van der Waals surface area contributed by atoms with Crippen molar-refractivity contribution in [3.63, 3.8) is 0 Å². The second kappa shape index (κ2) is 7.58. The number of nitrogens with zero attached hydrogens (tertiary/aromatic N) is 1. The maximum atomic E-state index is 12.2. The minimum atomic E-state index is -0.836. The molecular formula is C16H21ClN2O3. The van der Waals surface area contributed by atoms with Gasteiger partial charge in [-0.3, -0.25) is 4.79 Å². The zero-order valence-corrected chi connectivity index (χ0v) is 13.6. The van der Waals surface area contributed by atoms with Gasteiger partial charge < -0.3 is 10.1 Å². The smallest absolute Gasteiger partial charge is 0.340 e. The summed E-state index contributed by atoms with van der Waals surface area (Å²) in [6.07, 6.45) is 4.93. The van der Waals surface area contributed by atoms with Crippen LogP contribution in [0.25, 0.3) is 0 Å². The van der Waals surface area contributed by atoms with Crippen molar-refractivity contribution in [2.24, 2.45) is 5.92 Å². The Labute approximate surface area is 135 Å². The lowest BCUT2D eigenvalue weighted by atomic mass is 9.86. The van der Waals surface area contributed by atoms with Crippen LogP contribution in [0, 0.1) is 5.92 Å². The van der Waals surface area contributed by atoms with Gasteiger partial charge in [0, 0.05) is 12.2 Å². The molecule has 1 aliphatic carbocycles. The van der Waals surface area contributed by atoms with E-state index in [2.05, 4.69) is 17.2 Å². The molecule has 22 heavy (non-hydrogen) atoms. The van der Waals surface area contributed by atoms with Gasteiger partial charge in [-0.15, -0.1) is 0 Å². The topological polar surface area (TPSA) is 68.3 Å². The number of carbonyl (C=O) groups is 2. The van der Waals surface area contributed by atoms with Gasteiger partial charge in [0.1, 0.15) is 5.15 Å². The van der Waals surface area contributed by atoms with Crippen LogP contribution in [-0.4, -0.2) is 29.0 Å². The predicted octanol–water partition coefficient (Wildman–Crippen LogP) is 2.98. The number of hydrogen-bond acceptors (Lipinski definition) is 4. The Hall–Kier alpha value is -1.62. The van der Waals surface area contributed by atoms with Crippen molar-refractivity contribution in [1.82, 2.24) is 10.3 Å². The summed E-state index contributed by atoms with van der Waals surface area (Å²) in [5.74, 6) is -0.376. The van der Waals surface area contributed by atoms with Gasteiger partial charge in [0.15, 0.2) is 6.10 Å². The van der Waals surface area contributed by atoms with Crippen LogP contribution in [-0.2, 0) is 9.53 Å². The van der Waals surface area contributed by atoms with E-state index in [0.29, 0.717) is 11.1 Å². The van der Waals surface area contributed by atoms with E-state index in [9.17, 15) is 9.59 Å². The second-order valence-corrected chi connectivity index (χ2v) is 6.18. The van der Waals surface area contributed by atoms with Crippen LogP contribution in [0.4, 0.5) is 0 Å². The van der Waals surface area contributed by atoms with E-state index in [0.717, 1.165) is 19.3 Å². The lowest BCUT2D eigenvalue weighted by Gasteiger charge is -2.30. The third kappa shape index (κ3) is 4.44. The summed E-state index contributed by atoms with van der Waals surface area (Å²) >= 11 is 5.67. The molecule has 1 aromatic heterocycles. The highest BCUT2D eigenvalue weighted by Gasteiger charge is 2.26. The largest absolute Gasteiger partial charge is 0.449 e. The Morgan fingerprint density at radius 2 is 2.09 bits per heavy atom. The fourth-order valence-corrected chi connectivity index (χ4v) is 2.72. The molecule has 120 valence electrons. The number of pyridine rings is 1. The zero-order chi connectivity index (χ0) is 16.1. The molecule has 1 N–H and O–H groups in total. The highest BCUT2D eigenvalue weighted by molar-refractivity contribution is 6.29. The normalized spacial score (nSPS) is 22.7. The Morgan fingerprint density at radius 1 is 1.36 bits per heavy atom. The summed E-state index contributed by atoms with van der Waals surface area (Å²) in [5, 5.41) is 3.28. The van der Waals surface area contributed by atoms with E-state index in [-0.39, 0.29) is 17.5 Å². The molecule has 1 aliphatic rings. The highest BCUT2D eigenvalue weighted by atomic mass is 35.5. The SMILES string of the molecule is C[C@@H](OC(=O)c1ccc(Cl)nc1)C(=O)N[C@H]1CCCC[C@@H]1C. The molecule has 0 aromatic carbocycles. The van der Waals surface area contributed by atoms with Gasteiger partial charge in [-0.25, -0.2) is 9.78 Å². The van der Waals surface area contributed by atoms with Crippen molar-refractivity contribution < 1.29 is 14.3 Å². The van der Waals surface area contributed by atoms with E-state index in [1.807, 2.05) is 0 Å². The number of amides is 1. The van der Waals surface area contributed by atoms with E-state index in [1.165, 1.54) is 24.8 Å². The van der Waals surface area contributed by atoms with Crippen molar-refractivity contribution in [2.75, 3.05) is 0 Å². The summed E-state index contributed by atoms with van der Waals surface area (Å²) in [4.78, 5) is 27.9. The summed E-state index contributed by atoms with van der Waals surface area (Å²) in [6, 6.07) is 3.19. The number of rotatable bonds is 4. The minimum absolute atomic E-state index is 0.166. The maximum Gasteiger partial charge on any atom is 0.340 e. The molecule has 1 aromatic rings. The van der Waals surface area contributed by atoms with Crippen LogP contribution in [0.5, 0.6) is 0 Å².